The topological polar surface area (TPSA) is 77.9 Å². The number of benzene rings is 2. The fourth-order valence-corrected chi connectivity index (χ4v) is 4.68. The number of sulfonamides is 1. The molecule has 0 saturated carbocycles. The Bertz CT molecular complexity index is 984. The van der Waals surface area contributed by atoms with Crippen LogP contribution in [0.25, 0.3) is 0 Å². The van der Waals surface area contributed by atoms with Gasteiger partial charge in [-0.1, -0.05) is 18.2 Å². The molecule has 0 radical (unpaired) electrons. The molecule has 0 atom stereocenters. The highest BCUT2D eigenvalue weighted by molar-refractivity contribution is 7.89. The van der Waals surface area contributed by atoms with E-state index in [0.29, 0.717) is 5.69 Å². The minimum Gasteiger partial charge on any atom is -0.478 e. The van der Waals surface area contributed by atoms with Crippen LogP contribution >= 0.6 is 0 Å². The van der Waals surface area contributed by atoms with E-state index in [-0.39, 0.29) is 36.6 Å². The Morgan fingerprint density at radius 1 is 0.964 bits per heavy atom. The van der Waals surface area contributed by atoms with Crippen LogP contribution in [0.4, 0.5) is 18.9 Å². The maximum absolute atomic E-state index is 12.9. The number of rotatable bonds is 4. The van der Waals surface area contributed by atoms with Crippen molar-refractivity contribution < 1.29 is 31.5 Å². The van der Waals surface area contributed by atoms with Crippen LogP contribution in [0.2, 0.25) is 0 Å². The van der Waals surface area contributed by atoms with Gasteiger partial charge in [-0.25, -0.2) is 13.2 Å². The van der Waals surface area contributed by atoms with E-state index >= 15 is 0 Å². The molecule has 1 heterocycles. The second-order valence-electron chi connectivity index (χ2n) is 6.24. The standard InChI is InChI=1S/C18H17F3N2O4S/c19-18(20,21)13-4-3-5-14(12-13)22-8-10-23(11-9-22)28(26,27)16-7-2-1-6-15(16)17(24)25/h1-7,12H,8-11H2,(H,24,25). The number of piperazine rings is 1. The van der Waals surface area contributed by atoms with E-state index in [4.69, 9.17) is 0 Å². The van der Waals surface area contributed by atoms with E-state index in [0.717, 1.165) is 16.4 Å². The summed E-state index contributed by atoms with van der Waals surface area (Å²) in [4.78, 5) is 12.7. The second-order valence-corrected chi connectivity index (χ2v) is 8.15. The first-order valence-electron chi connectivity index (χ1n) is 8.35. The highest BCUT2D eigenvalue weighted by Crippen LogP contribution is 2.32. The van der Waals surface area contributed by atoms with Gasteiger partial charge in [0.15, 0.2) is 0 Å². The molecular weight excluding hydrogens is 397 g/mol. The second kappa shape index (κ2) is 7.44. The van der Waals surface area contributed by atoms with E-state index in [9.17, 15) is 31.5 Å². The van der Waals surface area contributed by atoms with E-state index in [1.807, 2.05) is 0 Å². The van der Waals surface area contributed by atoms with Crippen molar-refractivity contribution in [1.29, 1.82) is 0 Å². The minimum atomic E-state index is -4.46. The molecule has 3 rings (SSSR count). The van der Waals surface area contributed by atoms with Gasteiger partial charge in [0.05, 0.1) is 16.0 Å². The van der Waals surface area contributed by atoms with Gasteiger partial charge in [-0.2, -0.15) is 17.5 Å². The number of anilines is 1. The van der Waals surface area contributed by atoms with Crippen LogP contribution in [0.1, 0.15) is 15.9 Å². The highest BCUT2D eigenvalue weighted by atomic mass is 32.2. The smallest absolute Gasteiger partial charge is 0.416 e. The summed E-state index contributed by atoms with van der Waals surface area (Å²) in [5.74, 6) is -1.35. The molecular formula is C18H17F3N2O4S. The maximum Gasteiger partial charge on any atom is 0.416 e. The highest BCUT2D eigenvalue weighted by Gasteiger charge is 2.33. The van der Waals surface area contributed by atoms with Crippen LogP contribution in [0.15, 0.2) is 53.4 Å². The Balaban J connectivity index is 1.78. The zero-order valence-corrected chi connectivity index (χ0v) is 15.4. The quantitative estimate of drug-likeness (QED) is 0.833. The molecule has 150 valence electrons. The van der Waals surface area contributed by atoms with Gasteiger partial charge in [0, 0.05) is 31.9 Å². The summed E-state index contributed by atoms with van der Waals surface area (Å²) in [6.07, 6.45) is -4.46. The van der Waals surface area contributed by atoms with Crippen LogP contribution in [-0.4, -0.2) is 50.0 Å². The average Bonchev–Trinajstić information content (AvgIpc) is 2.67. The monoisotopic (exact) mass is 414 g/mol. The largest absolute Gasteiger partial charge is 0.478 e. The van der Waals surface area contributed by atoms with Gasteiger partial charge in [-0.05, 0) is 30.3 Å². The fraction of sp³-hybridized carbons (Fsp3) is 0.278. The fourth-order valence-electron chi connectivity index (χ4n) is 3.07. The molecule has 0 amide bonds. The molecule has 0 spiro atoms. The summed E-state index contributed by atoms with van der Waals surface area (Å²) in [7, 11) is -4.03. The van der Waals surface area contributed by atoms with Crippen LogP contribution in [0, 0.1) is 0 Å². The lowest BCUT2D eigenvalue weighted by molar-refractivity contribution is -0.137. The van der Waals surface area contributed by atoms with Gasteiger partial charge in [-0.3, -0.25) is 0 Å². The van der Waals surface area contributed by atoms with Crippen molar-refractivity contribution in [2.45, 2.75) is 11.1 Å². The van der Waals surface area contributed by atoms with E-state index < -0.39 is 27.7 Å². The Hall–Kier alpha value is -2.59. The third-order valence-corrected chi connectivity index (χ3v) is 6.47. The summed E-state index contributed by atoms with van der Waals surface area (Å²) in [5.41, 5.74) is -0.726. The van der Waals surface area contributed by atoms with E-state index in [1.54, 1.807) is 11.0 Å². The Morgan fingerprint density at radius 3 is 2.21 bits per heavy atom. The number of carboxylic acids is 1. The molecule has 1 aliphatic heterocycles. The molecule has 1 N–H and O–H groups in total. The van der Waals surface area contributed by atoms with Gasteiger partial charge in [0.1, 0.15) is 0 Å². The Labute approximate surface area is 159 Å². The van der Waals surface area contributed by atoms with Crippen molar-refractivity contribution in [3.8, 4) is 0 Å². The van der Waals surface area contributed by atoms with Crippen LogP contribution in [0.5, 0.6) is 0 Å². The third-order valence-electron chi connectivity index (χ3n) is 4.51. The number of hydrogen-bond acceptors (Lipinski definition) is 4. The summed E-state index contributed by atoms with van der Waals surface area (Å²) in [6.45, 7) is 0.449. The van der Waals surface area contributed by atoms with Crippen molar-refractivity contribution >= 4 is 21.7 Å². The van der Waals surface area contributed by atoms with Gasteiger partial charge in [0.2, 0.25) is 10.0 Å². The van der Waals surface area contributed by atoms with Gasteiger partial charge in [-0.15, -0.1) is 0 Å². The van der Waals surface area contributed by atoms with Crippen LogP contribution in [0.3, 0.4) is 0 Å². The first kappa shape index (κ1) is 20.2. The number of halogens is 3. The number of carbonyl (C=O) groups is 1. The van der Waals surface area contributed by atoms with Crippen LogP contribution in [-0.2, 0) is 16.2 Å². The van der Waals surface area contributed by atoms with E-state index in [2.05, 4.69) is 0 Å². The van der Waals surface area contributed by atoms with E-state index in [1.165, 1.54) is 30.3 Å². The molecule has 28 heavy (non-hydrogen) atoms. The molecule has 0 aromatic heterocycles. The van der Waals surface area contributed by atoms with Gasteiger partial charge < -0.3 is 10.0 Å². The molecule has 0 unspecified atom stereocenters. The van der Waals surface area contributed by atoms with Crippen molar-refractivity contribution in [1.82, 2.24) is 4.31 Å². The minimum absolute atomic E-state index is 0.0343. The van der Waals surface area contributed by atoms with Gasteiger partial charge >= 0.3 is 12.1 Å². The molecule has 1 fully saturated rings. The first-order valence-corrected chi connectivity index (χ1v) is 9.79. The normalized spacial score (nSPS) is 16.2. The lowest BCUT2D eigenvalue weighted by Gasteiger charge is -2.35. The number of hydrogen-bond donors (Lipinski definition) is 1. The summed E-state index contributed by atoms with van der Waals surface area (Å²) < 4.78 is 65.5. The molecule has 6 nitrogen and oxygen atoms in total. The van der Waals surface area contributed by atoms with Crippen molar-refractivity contribution in [3.05, 3.63) is 59.7 Å². The van der Waals surface area contributed by atoms with Crippen molar-refractivity contribution in [3.63, 3.8) is 0 Å². The molecule has 2 aromatic rings. The molecule has 10 heteroatoms. The van der Waals surface area contributed by atoms with Gasteiger partial charge in [0.25, 0.3) is 0 Å². The predicted molar refractivity (Wildman–Crippen MR) is 95.8 cm³/mol. The number of nitrogens with zero attached hydrogens (tertiary/aromatic N) is 2. The lowest BCUT2D eigenvalue weighted by atomic mass is 10.1. The average molecular weight is 414 g/mol. The van der Waals surface area contributed by atoms with Crippen molar-refractivity contribution in [2.75, 3.05) is 31.1 Å². The van der Waals surface area contributed by atoms with Crippen LogP contribution < -0.4 is 4.90 Å². The Kier molecular flexibility index (Phi) is 5.35. The summed E-state index contributed by atoms with van der Waals surface area (Å²) >= 11 is 0. The molecule has 0 aliphatic carbocycles. The number of aromatic carboxylic acids is 1. The molecule has 1 saturated heterocycles. The number of alkyl halides is 3. The molecule has 2 aromatic carbocycles. The number of carboxylic acid groups (broad SMARTS) is 1. The third kappa shape index (κ3) is 3.97. The zero-order chi connectivity index (χ0) is 20.5. The molecule has 0 bridgehead atoms. The van der Waals surface area contributed by atoms with Crippen molar-refractivity contribution in [2.24, 2.45) is 0 Å². The predicted octanol–water partition coefficient (Wildman–Crippen LogP) is 2.91. The first-order chi connectivity index (χ1) is 13.1. The SMILES string of the molecule is O=C(O)c1ccccc1S(=O)(=O)N1CCN(c2cccc(C(F)(F)F)c2)CC1. The lowest BCUT2D eigenvalue weighted by Crippen LogP contribution is -2.48. The zero-order valence-electron chi connectivity index (χ0n) is 14.6. The summed E-state index contributed by atoms with van der Waals surface area (Å²) in [6, 6.07) is 10.2. The maximum atomic E-state index is 12.9. The molecule has 1 aliphatic rings. The summed E-state index contributed by atoms with van der Waals surface area (Å²) in [5, 5.41) is 9.23. The Morgan fingerprint density at radius 2 is 1.61 bits per heavy atom.